The quantitative estimate of drug-likeness (QED) is 0.655. The van der Waals surface area contributed by atoms with Gasteiger partial charge in [-0.05, 0) is 13.0 Å². The zero-order valence-electron chi connectivity index (χ0n) is 16.7. The van der Waals surface area contributed by atoms with Gasteiger partial charge in [-0.15, -0.1) is 10.2 Å². The fraction of sp³-hybridized carbons (Fsp3) is 0.400. The van der Waals surface area contributed by atoms with Crippen molar-refractivity contribution in [2.24, 2.45) is 5.92 Å². The molecule has 1 aromatic heterocycles. The highest BCUT2D eigenvalue weighted by Crippen LogP contribution is 2.46. The summed E-state index contributed by atoms with van der Waals surface area (Å²) in [7, 11) is 2.88. The molecule has 0 saturated carbocycles. The van der Waals surface area contributed by atoms with Crippen LogP contribution < -0.4 is 9.47 Å². The van der Waals surface area contributed by atoms with Gasteiger partial charge in [-0.25, -0.2) is 0 Å². The number of hydrogen-bond acceptors (Lipinski definition) is 8. The second-order valence-electron chi connectivity index (χ2n) is 6.82. The summed E-state index contributed by atoms with van der Waals surface area (Å²) in [4.78, 5) is 24.2. The number of aromatic nitrogens is 2. The second-order valence-corrected chi connectivity index (χ2v) is 7.20. The highest BCUT2D eigenvalue weighted by molar-refractivity contribution is 6.35. The fourth-order valence-electron chi connectivity index (χ4n) is 3.35. The van der Waals surface area contributed by atoms with Crippen molar-refractivity contribution in [1.82, 2.24) is 10.2 Å². The Kier molecular flexibility index (Phi) is 5.66. The lowest BCUT2D eigenvalue weighted by Gasteiger charge is -2.38. The molecule has 154 valence electrons. The second kappa shape index (κ2) is 7.87. The summed E-state index contributed by atoms with van der Waals surface area (Å²) < 4.78 is 22.5. The van der Waals surface area contributed by atoms with Gasteiger partial charge in [-0.1, -0.05) is 18.5 Å². The first kappa shape index (κ1) is 20.9. The minimum absolute atomic E-state index is 0.115. The Labute approximate surface area is 172 Å². The zero-order valence-corrected chi connectivity index (χ0v) is 17.5. The molecule has 2 atom stereocenters. The average Bonchev–Trinajstić information content (AvgIpc) is 3.12. The van der Waals surface area contributed by atoms with E-state index in [-0.39, 0.29) is 34.6 Å². The Morgan fingerprint density at radius 3 is 2.55 bits per heavy atom. The van der Waals surface area contributed by atoms with Gasteiger partial charge in [-0.3, -0.25) is 9.59 Å². The first-order valence-corrected chi connectivity index (χ1v) is 9.27. The minimum Gasteiger partial charge on any atom is -0.496 e. The Balaban J connectivity index is 2.21. The number of allylic oxidation sites excluding steroid dienone is 1. The van der Waals surface area contributed by atoms with Crippen LogP contribution in [0, 0.1) is 19.8 Å². The first-order chi connectivity index (χ1) is 13.8. The van der Waals surface area contributed by atoms with Crippen LogP contribution in [0.1, 0.15) is 24.8 Å². The van der Waals surface area contributed by atoms with Gasteiger partial charge in [0.05, 0.1) is 24.8 Å². The minimum atomic E-state index is -1.52. The lowest BCUT2D eigenvalue weighted by molar-refractivity contribution is -0.130. The van der Waals surface area contributed by atoms with Crippen molar-refractivity contribution < 1.29 is 28.2 Å². The van der Waals surface area contributed by atoms with Crippen LogP contribution >= 0.6 is 11.6 Å². The van der Waals surface area contributed by atoms with Crippen molar-refractivity contribution in [2.75, 3.05) is 14.2 Å². The van der Waals surface area contributed by atoms with E-state index in [1.165, 1.54) is 20.3 Å². The van der Waals surface area contributed by atoms with Gasteiger partial charge in [-0.2, -0.15) is 0 Å². The maximum Gasteiger partial charge on any atom is 0.249 e. The van der Waals surface area contributed by atoms with Gasteiger partial charge >= 0.3 is 0 Å². The summed E-state index contributed by atoms with van der Waals surface area (Å²) in [5.41, 5.74) is -0.558. The van der Waals surface area contributed by atoms with Crippen molar-refractivity contribution in [1.29, 1.82) is 0 Å². The summed E-state index contributed by atoms with van der Waals surface area (Å²) in [6, 6.07) is 1.66. The lowest BCUT2D eigenvalue weighted by Crippen LogP contribution is -2.50. The van der Waals surface area contributed by atoms with Crippen molar-refractivity contribution in [3.05, 3.63) is 34.4 Å². The molecular formula is C20H21ClN2O6. The molecule has 0 bridgehead atoms. The van der Waals surface area contributed by atoms with Gasteiger partial charge in [0.1, 0.15) is 11.5 Å². The third-order valence-corrected chi connectivity index (χ3v) is 5.36. The number of ether oxygens (including phenoxy) is 3. The Bertz CT molecular complexity index is 999. The molecule has 0 amide bonds. The number of ketones is 1. The summed E-state index contributed by atoms with van der Waals surface area (Å²) in [5.74, 6) is 0.697. The lowest BCUT2D eigenvalue weighted by atomic mass is 9.79. The number of carbonyl (C=O) groups is 2. The fourth-order valence-corrected chi connectivity index (χ4v) is 3.66. The van der Waals surface area contributed by atoms with E-state index in [0.29, 0.717) is 29.1 Å². The summed E-state index contributed by atoms with van der Waals surface area (Å²) >= 11 is 6.64. The summed E-state index contributed by atoms with van der Waals surface area (Å²) in [5, 5.41) is 8.00. The normalized spacial score (nSPS) is 21.5. The number of aryl methyl sites for hydroxylation is 1. The zero-order chi connectivity index (χ0) is 21.3. The molecular weight excluding hydrogens is 400 g/mol. The molecule has 0 unspecified atom stereocenters. The van der Waals surface area contributed by atoms with Crippen LogP contribution in [0.3, 0.4) is 0 Å². The van der Waals surface area contributed by atoms with Crippen LogP contribution in [-0.4, -0.2) is 42.1 Å². The van der Waals surface area contributed by atoms with Gasteiger partial charge < -0.3 is 18.6 Å². The average molecular weight is 421 g/mol. The van der Waals surface area contributed by atoms with Gasteiger partial charge in [0.2, 0.25) is 17.4 Å². The van der Waals surface area contributed by atoms with E-state index in [0.717, 1.165) is 0 Å². The molecule has 3 rings (SSSR count). The number of aldehydes is 1. The van der Waals surface area contributed by atoms with E-state index in [9.17, 15) is 9.59 Å². The van der Waals surface area contributed by atoms with Gasteiger partial charge in [0, 0.05) is 30.9 Å². The van der Waals surface area contributed by atoms with Crippen LogP contribution in [0.2, 0.25) is 5.02 Å². The molecule has 1 aliphatic carbocycles. The summed E-state index contributed by atoms with van der Waals surface area (Å²) in [6.45, 7) is 5.14. The number of methoxy groups -OCH3 is 2. The van der Waals surface area contributed by atoms with E-state index >= 15 is 0 Å². The molecule has 29 heavy (non-hydrogen) atoms. The van der Waals surface area contributed by atoms with Crippen molar-refractivity contribution >= 4 is 23.7 Å². The van der Waals surface area contributed by atoms with Crippen LogP contribution in [0.15, 0.2) is 22.3 Å². The van der Waals surface area contributed by atoms with E-state index in [1.54, 1.807) is 26.8 Å². The molecule has 9 heteroatoms. The summed E-state index contributed by atoms with van der Waals surface area (Å²) in [6.07, 6.45) is 2.03. The van der Waals surface area contributed by atoms with Crippen LogP contribution in [0.25, 0.3) is 11.5 Å². The number of nitrogens with zero attached hydrogens (tertiary/aromatic N) is 2. The van der Waals surface area contributed by atoms with Crippen LogP contribution in [0.4, 0.5) is 0 Å². The number of rotatable bonds is 6. The smallest absolute Gasteiger partial charge is 0.249 e. The molecule has 0 spiro atoms. The van der Waals surface area contributed by atoms with Gasteiger partial charge in [0.25, 0.3) is 0 Å². The van der Waals surface area contributed by atoms with E-state index in [2.05, 4.69) is 10.2 Å². The largest absolute Gasteiger partial charge is 0.496 e. The molecule has 2 aromatic rings. The topological polar surface area (TPSA) is 101 Å². The number of halogens is 1. The number of carbonyl (C=O) groups excluding carboxylic acids is 2. The molecule has 0 radical (unpaired) electrons. The molecule has 0 aliphatic heterocycles. The molecule has 8 nitrogen and oxygen atoms in total. The molecule has 0 N–H and O–H groups in total. The number of benzene rings is 1. The van der Waals surface area contributed by atoms with Crippen LogP contribution in [0.5, 0.6) is 11.5 Å². The van der Waals surface area contributed by atoms with Crippen molar-refractivity contribution in [2.45, 2.75) is 32.8 Å². The predicted octanol–water partition coefficient (Wildman–Crippen LogP) is 3.47. The van der Waals surface area contributed by atoms with E-state index in [4.69, 9.17) is 30.2 Å². The van der Waals surface area contributed by atoms with Crippen molar-refractivity contribution in [3.8, 4) is 23.0 Å². The van der Waals surface area contributed by atoms with Gasteiger partial charge in [0.15, 0.2) is 17.8 Å². The van der Waals surface area contributed by atoms with E-state index in [1.807, 2.05) is 0 Å². The maximum atomic E-state index is 12.2. The van der Waals surface area contributed by atoms with Crippen LogP contribution in [-0.2, 0) is 14.3 Å². The molecule has 1 aliphatic rings. The Morgan fingerprint density at radius 1 is 1.28 bits per heavy atom. The van der Waals surface area contributed by atoms with E-state index < -0.39 is 11.5 Å². The SMILES string of the molecule is COC1=CC(=O)C[C@@H](C)[C@]1(C=O)Oc1c(C)c(OC)cc(-c2nnc(C)o2)c1Cl. The standard InChI is InChI=1S/C20H21ClN2O6/c1-10-6-13(25)7-16(27-5)20(10,9-24)29-18-11(2)15(26-4)8-14(17(18)21)19-23-22-12(3)28-19/h7-10H,6H2,1-5H3/t10-,20+/m1/s1. The Morgan fingerprint density at radius 2 is 2.00 bits per heavy atom. The molecule has 1 heterocycles. The highest BCUT2D eigenvalue weighted by Gasteiger charge is 2.48. The molecule has 1 aromatic carbocycles. The van der Waals surface area contributed by atoms with Crippen molar-refractivity contribution in [3.63, 3.8) is 0 Å². The number of hydrogen-bond donors (Lipinski definition) is 0. The molecule has 0 saturated heterocycles. The third kappa shape index (κ3) is 3.48. The predicted molar refractivity (Wildman–Crippen MR) is 104 cm³/mol. The Hall–Kier alpha value is -2.87. The highest BCUT2D eigenvalue weighted by atomic mass is 35.5. The first-order valence-electron chi connectivity index (χ1n) is 8.89. The monoisotopic (exact) mass is 420 g/mol. The third-order valence-electron chi connectivity index (χ3n) is 4.98. The maximum absolute atomic E-state index is 12.2. The molecule has 0 fully saturated rings.